The fraction of sp³-hybridized carbons (Fsp3) is 0.360. The molecule has 1 fully saturated rings. The van der Waals surface area contributed by atoms with Gasteiger partial charge in [-0.05, 0) is 15.4 Å². The highest BCUT2D eigenvalue weighted by molar-refractivity contribution is 8.00. The summed E-state index contributed by atoms with van der Waals surface area (Å²) in [6.07, 6.45) is -0.923. The van der Waals surface area contributed by atoms with Crippen LogP contribution in [-0.4, -0.2) is 52.1 Å². The van der Waals surface area contributed by atoms with E-state index in [1.165, 1.54) is 28.6 Å². The quantitative estimate of drug-likeness (QED) is 0.445. The Hall–Kier alpha value is -2.43. The SMILES string of the molecule is CC(C)(C)[Si](OC[C@H]1S[C@@H](n2ccc(=O)[nH]c2=O)[C@H](O)[C@@H]1O)(c1ccccc1)c1ccccc1. The number of rotatable bonds is 6. The van der Waals surface area contributed by atoms with E-state index in [0.29, 0.717) is 0 Å². The Morgan fingerprint density at radius 2 is 1.50 bits per heavy atom. The highest BCUT2D eigenvalue weighted by Gasteiger charge is 2.52. The summed E-state index contributed by atoms with van der Waals surface area (Å²) in [6.45, 7) is 6.73. The lowest BCUT2D eigenvalue weighted by atomic mass is 10.1. The van der Waals surface area contributed by atoms with Crippen LogP contribution in [0.1, 0.15) is 26.1 Å². The first kappa shape index (κ1) is 24.7. The third-order valence-corrected chi connectivity index (χ3v) is 12.9. The zero-order valence-corrected chi connectivity index (χ0v) is 21.2. The van der Waals surface area contributed by atoms with E-state index in [2.05, 4.69) is 50.0 Å². The number of aliphatic hydroxyl groups excluding tert-OH is 2. The van der Waals surface area contributed by atoms with Crippen LogP contribution < -0.4 is 21.6 Å². The van der Waals surface area contributed by atoms with Gasteiger partial charge in [0.2, 0.25) is 0 Å². The first-order valence-corrected chi connectivity index (χ1v) is 14.1. The number of aromatic nitrogens is 2. The predicted molar refractivity (Wildman–Crippen MR) is 137 cm³/mol. The molecule has 2 aromatic carbocycles. The molecule has 7 nitrogen and oxygen atoms in total. The van der Waals surface area contributed by atoms with Gasteiger partial charge in [-0.15, -0.1) is 11.8 Å². The van der Waals surface area contributed by atoms with Gasteiger partial charge in [0.1, 0.15) is 11.5 Å². The minimum atomic E-state index is -2.81. The molecule has 180 valence electrons. The lowest BCUT2D eigenvalue weighted by molar-refractivity contribution is 0.0111. The van der Waals surface area contributed by atoms with Gasteiger partial charge < -0.3 is 14.6 Å². The maximum atomic E-state index is 12.3. The van der Waals surface area contributed by atoms with Crippen molar-refractivity contribution in [1.29, 1.82) is 0 Å². The fourth-order valence-electron chi connectivity index (χ4n) is 4.69. The summed E-state index contributed by atoms with van der Waals surface area (Å²) >= 11 is 1.28. The van der Waals surface area contributed by atoms with E-state index in [-0.39, 0.29) is 11.6 Å². The average Bonchev–Trinajstić information content (AvgIpc) is 3.08. The van der Waals surface area contributed by atoms with Crippen LogP contribution in [0.25, 0.3) is 0 Å². The largest absolute Gasteiger partial charge is 0.406 e. The van der Waals surface area contributed by atoms with Crippen molar-refractivity contribution < 1.29 is 14.6 Å². The van der Waals surface area contributed by atoms with E-state index in [9.17, 15) is 19.8 Å². The molecule has 0 radical (unpaired) electrons. The molecule has 3 N–H and O–H groups in total. The van der Waals surface area contributed by atoms with Crippen molar-refractivity contribution in [2.75, 3.05) is 6.61 Å². The van der Waals surface area contributed by atoms with E-state index in [1.807, 2.05) is 36.4 Å². The Morgan fingerprint density at radius 1 is 0.941 bits per heavy atom. The maximum Gasteiger partial charge on any atom is 0.329 e. The minimum absolute atomic E-state index is 0.199. The van der Waals surface area contributed by atoms with Crippen LogP contribution >= 0.6 is 11.8 Å². The highest BCUT2D eigenvalue weighted by atomic mass is 32.2. The van der Waals surface area contributed by atoms with Gasteiger partial charge in [-0.25, -0.2) is 4.79 Å². The molecule has 0 bridgehead atoms. The van der Waals surface area contributed by atoms with Crippen molar-refractivity contribution in [1.82, 2.24) is 9.55 Å². The molecule has 0 amide bonds. The van der Waals surface area contributed by atoms with Crippen LogP contribution in [-0.2, 0) is 4.43 Å². The van der Waals surface area contributed by atoms with Gasteiger partial charge >= 0.3 is 5.69 Å². The third-order valence-electron chi connectivity index (χ3n) is 6.34. The summed E-state index contributed by atoms with van der Waals surface area (Å²) in [4.78, 5) is 25.9. The van der Waals surface area contributed by atoms with Crippen molar-refractivity contribution in [3.8, 4) is 0 Å². The summed E-state index contributed by atoms with van der Waals surface area (Å²) in [5.41, 5.74) is -1.13. The molecular formula is C25H30N2O5SSi. The average molecular weight is 499 g/mol. The van der Waals surface area contributed by atoms with Gasteiger partial charge in [0.25, 0.3) is 13.9 Å². The molecule has 1 aliphatic rings. The minimum Gasteiger partial charge on any atom is -0.406 e. The first-order valence-electron chi connectivity index (χ1n) is 11.2. The summed E-state index contributed by atoms with van der Waals surface area (Å²) in [5.74, 6) is 0. The number of nitrogens with one attached hydrogen (secondary N) is 1. The van der Waals surface area contributed by atoms with Crippen LogP contribution in [0, 0.1) is 0 Å². The second kappa shape index (κ2) is 9.67. The number of H-pyrrole nitrogens is 1. The topological polar surface area (TPSA) is 105 Å². The van der Waals surface area contributed by atoms with Gasteiger partial charge in [0.15, 0.2) is 0 Å². The van der Waals surface area contributed by atoms with Crippen molar-refractivity contribution in [2.24, 2.45) is 0 Å². The van der Waals surface area contributed by atoms with Crippen molar-refractivity contribution in [2.45, 2.75) is 48.6 Å². The number of hydrogen-bond acceptors (Lipinski definition) is 6. The van der Waals surface area contributed by atoms with Crippen LogP contribution in [0.2, 0.25) is 5.04 Å². The standard InChI is InChI=1S/C25H30N2O5SSi/c1-25(2,3)34(17-10-6-4-7-11-17,18-12-8-5-9-13-18)32-16-19-21(29)22(30)23(33-19)27-15-14-20(28)26-24(27)31/h4-15,19,21-23,29-30H,16H2,1-3H3,(H,26,28,31)/t19-,21-,22-,23-/m1/s1. The number of thioether (sulfide) groups is 1. The third kappa shape index (κ3) is 4.46. The second-order valence-corrected chi connectivity index (χ2v) is 15.2. The normalized spacial score (nSPS) is 23.2. The van der Waals surface area contributed by atoms with Crippen LogP contribution in [0.15, 0.2) is 82.5 Å². The van der Waals surface area contributed by atoms with Gasteiger partial charge in [-0.1, -0.05) is 81.4 Å². The molecule has 1 aromatic heterocycles. The van der Waals surface area contributed by atoms with E-state index in [1.54, 1.807) is 0 Å². The number of aromatic amines is 1. The number of nitrogens with zero attached hydrogens (tertiary/aromatic N) is 1. The van der Waals surface area contributed by atoms with E-state index < -0.39 is 42.4 Å². The van der Waals surface area contributed by atoms with E-state index in [0.717, 1.165) is 10.4 Å². The summed E-state index contributed by atoms with van der Waals surface area (Å²) in [5, 5.41) is 22.4. The monoisotopic (exact) mass is 498 g/mol. The Labute approximate surface area is 203 Å². The molecule has 3 aromatic rings. The molecular weight excluding hydrogens is 468 g/mol. The molecule has 9 heteroatoms. The Kier molecular flexibility index (Phi) is 7.02. The lowest BCUT2D eigenvalue weighted by Crippen LogP contribution is -2.67. The van der Waals surface area contributed by atoms with E-state index in [4.69, 9.17) is 4.43 Å². The maximum absolute atomic E-state index is 12.3. The second-order valence-electron chi connectivity index (χ2n) is 9.54. The van der Waals surface area contributed by atoms with Crippen LogP contribution in [0.5, 0.6) is 0 Å². The van der Waals surface area contributed by atoms with E-state index >= 15 is 0 Å². The van der Waals surface area contributed by atoms with Crippen LogP contribution in [0.4, 0.5) is 0 Å². The molecule has 4 rings (SSSR count). The number of aliphatic hydroxyl groups is 2. The summed E-state index contributed by atoms with van der Waals surface area (Å²) < 4.78 is 8.16. The summed E-state index contributed by atoms with van der Waals surface area (Å²) in [7, 11) is -2.81. The zero-order valence-electron chi connectivity index (χ0n) is 19.4. The Balaban J connectivity index is 1.68. The molecule has 0 unspecified atom stereocenters. The van der Waals surface area contributed by atoms with Crippen LogP contribution in [0.3, 0.4) is 0 Å². The summed E-state index contributed by atoms with van der Waals surface area (Å²) in [6, 6.07) is 21.6. The molecule has 0 spiro atoms. The fourth-order valence-corrected chi connectivity index (χ4v) is 10.8. The van der Waals surface area contributed by atoms with Crippen molar-refractivity contribution >= 4 is 30.5 Å². The molecule has 0 saturated carbocycles. The molecule has 2 heterocycles. The van der Waals surface area contributed by atoms with Crippen molar-refractivity contribution in [3.63, 3.8) is 0 Å². The Morgan fingerprint density at radius 3 is 2.00 bits per heavy atom. The van der Waals surface area contributed by atoms with Gasteiger partial charge in [-0.2, -0.15) is 0 Å². The predicted octanol–water partition coefficient (Wildman–Crippen LogP) is 1.45. The van der Waals surface area contributed by atoms with Crippen molar-refractivity contribution in [3.05, 3.63) is 93.8 Å². The smallest absolute Gasteiger partial charge is 0.329 e. The molecule has 1 saturated heterocycles. The highest BCUT2D eigenvalue weighted by Crippen LogP contribution is 2.43. The number of benzene rings is 2. The Bertz CT molecular complexity index is 1190. The molecule has 4 atom stereocenters. The first-order chi connectivity index (χ1) is 16.1. The van der Waals surface area contributed by atoms with Gasteiger partial charge in [0, 0.05) is 18.9 Å². The molecule has 34 heavy (non-hydrogen) atoms. The lowest BCUT2D eigenvalue weighted by Gasteiger charge is -2.43. The number of hydrogen-bond donors (Lipinski definition) is 3. The molecule has 0 aliphatic carbocycles. The zero-order chi connectivity index (χ0) is 24.5. The van der Waals surface area contributed by atoms with Gasteiger partial charge in [-0.3, -0.25) is 14.3 Å². The molecule has 1 aliphatic heterocycles. The van der Waals surface area contributed by atoms with Gasteiger partial charge in [0.05, 0.1) is 11.4 Å².